The third-order valence-electron chi connectivity index (χ3n) is 4.56. The molecule has 1 saturated heterocycles. The minimum Gasteiger partial charge on any atom is -0.491 e. The van der Waals surface area contributed by atoms with Crippen LogP contribution in [0.3, 0.4) is 0 Å². The van der Waals surface area contributed by atoms with Crippen molar-refractivity contribution in [3.63, 3.8) is 0 Å². The van der Waals surface area contributed by atoms with Crippen molar-refractivity contribution in [2.45, 2.75) is 39.0 Å². The first-order valence-corrected chi connectivity index (χ1v) is 9.05. The molecule has 6 heteroatoms. The van der Waals surface area contributed by atoms with E-state index >= 15 is 0 Å². The van der Waals surface area contributed by atoms with Gasteiger partial charge in [-0.25, -0.2) is 4.79 Å². The van der Waals surface area contributed by atoms with E-state index in [2.05, 4.69) is 34.5 Å². The van der Waals surface area contributed by atoms with Crippen LogP contribution < -0.4 is 15.4 Å². The summed E-state index contributed by atoms with van der Waals surface area (Å²) in [6.07, 6.45) is 0.132. The van der Waals surface area contributed by atoms with Crippen molar-refractivity contribution in [1.29, 1.82) is 0 Å². The molecule has 1 aliphatic heterocycles. The monoisotopic (exact) mass is 348 g/mol. The molecule has 6 nitrogen and oxygen atoms in total. The van der Waals surface area contributed by atoms with E-state index < -0.39 is 0 Å². The highest BCUT2D eigenvalue weighted by Gasteiger charge is 2.22. The van der Waals surface area contributed by atoms with Crippen molar-refractivity contribution in [3.8, 4) is 5.75 Å². The normalized spacial score (nSPS) is 20.3. The van der Waals surface area contributed by atoms with E-state index in [1.807, 2.05) is 45.0 Å². The third kappa shape index (κ3) is 6.21. The van der Waals surface area contributed by atoms with Gasteiger partial charge >= 0.3 is 6.03 Å². The van der Waals surface area contributed by atoms with Gasteiger partial charge < -0.3 is 20.3 Å². The molecular weight excluding hydrogens is 316 g/mol. The van der Waals surface area contributed by atoms with Gasteiger partial charge in [0, 0.05) is 32.2 Å². The molecule has 1 aliphatic rings. The van der Waals surface area contributed by atoms with Gasteiger partial charge in [-0.1, -0.05) is 12.1 Å². The number of carbonyl (C=O) groups excluding carboxylic acids is 1. The van der Waals surface area contributed by atoms with Crippen LogP contribution in [0.25, 0.3) is 0 Å². The van der Waals surface area contributed by atoms with E-state index in [1.165, 1.54) is 0 Å². The predicted molar refractivity (Wildman–Crippen MR) is 101 cm³/mol. The molecule has 2 N–H and O–H groups in total. The second-order valence-corrected chi connectivity index (χ2v) is 7.21. The van der Waals surface area contributed by atoms with Gasteiger partial charge in [0.2, 0.25) is 0 Å². The molecule has 1 fully saturated rings. The van der Waals surface area contributed by atoms with Crippen molar-refractivity contribution in [2.75, 3.05) is 40.3 Å². The second kappa shape index (κ2) is 9.06. The van der Waals surface area contributed by atoms with Crippen molar-refractivity contribution in [3.05, 3.63) is 29.8 Å². The summed E-state index contributed by atoms with van der Waals surface area (Å²) < 4.78 is 5.72. The van der Waals surface area contributed by atoms with E-state index in [9.17, 15) is 4.79 Å². The van der Waals surface area contributed by atoms with Gasteiger partial charge in [0.15, 0.2) is 0 Å². The van der Waals surface area contributed by atoms with Crippen LogP contribution in [-0.4, -0.2) is 68.3 Å². The van der Waals surface area contributed by atoms with Gasteiger partial charge in [-0.2, -0.15) is 0 Å². The first-order valence-electron chi connectivity index (χ1n) is 9.05. The summed E-state index contributed by atoms with van der Waals surface area (Å²) in [6, 6.07) is 8.01. The fraction of sp³-hybridized carbons (Fsp3) is 0.632. The highest BCUT2D eigenvalue weighted by Crippen LogP contribution is 2.20. The van der Waals surface area contributed by atoms with Crippen LogP contribution in [-0.2, 0) is 0 Å². The molecular formula is C19H32N4O2. The number of hydrogen-bond acceptors (Lipinski definition) is 4. The number of benzene rings is 1. The molecule has 25 heavy (non-hydrogen) atoms. The Labute approximate surface area is 151 Å². The van der Waals surface area contributed by atoms with Crippen molar-refractivity contribution in [2.24, 2.45) is 0 Å². The number of hydrogen-bond donors (Lipinski definition) is 2. The average molecular weight is 348 g/mol. The van der Waals surface area contributed by atoms with Gasteiger partial charge in [-0.3, -0.25) is 4.90 Å². The Hall–Kier alpha value is -1.79. The maximum Gasteiger partial charge on any atom is 0.315 e. The minimum atomic E-state index is -0.135. The van der Waals surface area contributed by atoms with Crippen LogP contribution in [0.1, 0.15) is 32.4 Å². The summed E-state index contributed by atoms with van der Waals surface area (Å²) in [5.41, 5.74) is 1.03. The smallest absolute Gasteiger partial charge is 0.315 e. The molecule has 1 heterocycles. The third-order valence-corrected chi connectivity index (χ3v) is 4.56. The summed E-state index contributed by atoms with van der Waals surface area (Å²) >= 11 is 0. The van der Waals surface area contributed by atoms with Crippen molar-refractivity contribution < 1.29 is 9.53 Å². The van der Waals surface area contributed by atoms with Crippen LogP contribution in [0.15, 0.2) is 24.3 Å². The number of rotatable bonds is 6. The Kier molecular flexibility index (Phi) is 7.08. The lowest BCUT2D eigenvalue weighted by Gasteiger charge is -2.37. The van der Waals surface area contributed by atoms with Crippen LogP contribution in [0.4, 0.5) is 4.79 Å². The number of urea groups is 1. The fourth-order valence-electron chi connectivity index (χ4n) is 2.99. The van der Waals surface area contributed by atoms with E-state index in [1.54, 1.807) is 0 Å². The maximum absolute atomic E-state index is 12.2. The molecule has 0 saturated carbocycles. The fourth-order valence-corrected chi connectivity index (χ4v) is 2.99. The SMILES string of the molecule is CC(C)Oc1cccc([C@H](C)NC(=O)NC[C@@H]2CN(C)CCN2C)c1. The largest absolute Gasteiger partial charge is 0.491 e. The lowest BCUT2D eigenvalue weighted by Crippen LogP contribution is -2.55. The van der Waals surface area contributed by atoms with E-state index in [0.717, 1.165) is 30.9 Å². The molecule has 1 aromatic carbocycles. The average Bonchev–Trinajstić information content (AvgIpc) is 2.55. The molecule has 0 aliphatic carbocycles. The molecule has 140 valence electrons. The molecule has 0 unspecified atom stereocenters. The van der Waals surface area contributed by atoms with Gasteiger partial charge in [-0.15, -0.1) is 0 Å². The Morgan fingerprint density at radius 3 is 2.76 bits per heavy atom. The zero-order chi connectivity index (χ0) is 18.4. The summed E-state index contributed by atoms with van der Waals surface area (Å²) in [4.78, 5) is 16.8. The van der Waals surface area contributed by atoms with Crippen LogP contribution in [0, 0.1) is 0 Å². The Bertz CT molecular complexity index is 564. The summed E-state index contributed by atoms with van der Waals surface area (Å²) in [6.45, 7) is 9.71. The molecule has 2 amide bonds. The standard InChI is InChI=1S/C19H32N4O2/c1-14(2)25-18-8-6-7-16(11-18)15(3)21-19(24)20-12-17-13-22(4)9-10-23(17)5/h6-8,11,14-15,17H,9-10,12-13H2,1-5H3,(H2,20,21,24)/t15-,17+/m0/s1. The zero-order valence-corrected chi connectivity index (χ0v) is 16.1. The number of piperazine rings is 1. The number of amides is 2. The van der Waals surface area contributed by atoms with Crippen molar-refractivity contribution in [1.82, 2.24) is 20.4 Å². The lowest BCUT2D eigenvalue weighted by molar-refractivity contribution is 0.114. The number of likely N-dealkylation sites (N-methyl/N-ethyl adjacent to an activating group) is 2. The molecule has 1 aromatic rings. The second-order valence-electron chi connectivity index (χ2n) is 7.21. The van der Waals surface area contributed by atoms with E-state index in [4.69, 9.17) is 4.74 Å². The number of nitrogens with zero attached hydrogens (tertiary/aromatic N) is 2. The number of carbonyl (C=O) groups is 1. The number of nitrogens with one attached hydrogen (secondary N) is 2. The predicted octanol–water partition coefficient (Wildman–Crippen LogP) is 2.08. The topological polar surface area (TPSA) is 56.8 Å². The quantitative estimate of drug-likeness (QED) is 0.826. The highest BCUT2D eigenvalue weighted by atomic mass is 16.5. The molecule has 0 aromatic heterocycles. The van der Waals surface area contributed by atoms with Crippen LogP contribution >= 0.6 is 0 Å². The summed E-state index contributed by atoms with van der Waals surface area (Å²) in [5.74, 6) is 0.827. The first kappa shape index (κ1) is 19.5. The minimum absolute atomic E-state index is 0.0810. The van der Waals surface area contributed by atoms with Gasteiger partial charge in [0.05, 0.1) is 12.1 Å². The summed E-state index contributed by atoms with van der Waals surface area (Å²) in [5, 5.41) is 6.01. The molecule has 2 rings (SSSR count). The summed E-state index contributed by atoms with van der Waals surface area (Å²) in [7, 11) is 4.23. The van der Waals surface area contributed by atoms with Crippen LogP contribution in [0.5, 0.6) is 5.75 Å². The molecule has 0 spiro atoms. The van der Waals surface area contributed by atoms with Crippen molar-refractivity contribution >= 4 is 6.03 Å². The van der Waals surface area contributed by atoms with Gasteiger partial charge in [0.25, 0.3) is 0 Å². The van der Waals surface area contributed by atoms with Gasteiger partial charge in [0.1, 0.15) is 5.75 Å². The molecule has 0 radical (unpaired) electrons. The lowest BCUT2D eigenvalue weighted by atomic mass is 10.1. The van der Waals surface area contributed by atoms with E-state index in [-0.39, 0.29) is 18.2 Å². The Morgan fingerprint density at radius 2 is 2.04 bits per heavy atom. The van der Waals surface area contributed by atoms with Crippen LogP contribution in [0.2, 0.25) is 0 Å². The molecule has 2 atom stereocenters. The van der Waals surface area contributed by atoms with Gasteiger partial charge in [-0.05, 0) is 52.6 Å². The molecule has 0 bridgehead atoms. The maximum atomic E-state index is 12.2. The Morgan fingerprint density at radius 1 is 1.28 bits per heavy atom. The highest BCUT2D eigenvalue weighted by molar-refractivity contribution is 5.74. The first-order chi connectivity index (χ1) is 11.8. The Balaban J connectivity index is 1.83. The number of ether oxygens (including phenoxy) is 1. The zero-order valence-electron chi connectivity index (χ0n) is 16.1. The van der Waals surface area contributed by atoms with E-state index in [0.29, 0.717) is 12.6 Å².